The zero-order valence-corrected chi connectivity index (χ0v) is 11.1. The van der Waals surface area contributed by atoms with Gasteiger partial charge in [0.1, 0.15) is 17.4 Å². The van der Waals surface area contributed by atoms with Gasteiger partial charge >= 0.3 is 0 Å². The molecule has 1 aliphatic heterocycles. The first kappa shape index (κ1) is 14.0. The molecule has 104 valence electrons. The van der Waals surface area contributed by atoms with Crippen molar-refractivity contribution in [2.45, 2.75) is 32.2 Å². The van der Waals surface area contributed by atoms with Gasteiger partial charge in [-0.3, -0.25) is 0 Å². The van der Waals surface area contributed by atoms with Gasteiger partial charge in [-0.15, -0.1) is 0 Å². The topological polar surface area (TPSA) is 21.3 Å². The van der Waals surface area contributed by atoms with Gasteiger partial charge in [0.05, 0.1) is 12.6 Å². The maximum atomic E-state index is 13.3. The van der Waals surface area contributed by atoms with Crippen molar-refractivity contribution in [2.75, 3.05) is 13.2 Å². The molecule has 19 heavy (non-hydrogen) atoms. The zero-order chi connectivity index (χ0) is 13.7. The van der Waals surface area contributed by atoms with Crippen molar-refractivity contribution >= 4 is 0 Å². The minimum absolute atomic E-state index is 0.273. The molecule has 0 amide bonds. The number of halogens is 2. The maximum Gasteiger partial charge on any atom is 0.126 e. The predicted molar refractivity (Wildman–Crippen MR) is 70.7 cm³/mol. The van der Waals surface area contributed by atoms with E-state index in [-0.39, 0.29) is 6.04 Å². The largest absolute Gasteiger partial charge is 0.496 e. The molecule has 1 aliphatic rings. The Kier molecular flexibility index (Phi) is 4.91. The first-order valence-electron chi connectivity index (χ1n) is 6.73. The van der Waals surface area contributed by atoms with E-state index in [1.165, 1.54) is 12.1 Å². The molecule has 2 nitrogen and oxygen atoms in total. The molecule has 1 unspecified atom stereocenters. The predicted octanol–water partition coefficient (Wildman–Crippen LogP) is 3.70. The van der Waals surface area contributed by atoms with E-state index in [4.69, 9.17) is 4.74 Å². The lowest BCUT2D eigenvalue weighted by atomic mass is 10.0. The molecule has 0 saturated carbocycles. The van der Waals surface area contributed by atoms with Crippen molar-refractivity contribution in [1.29, 1.82) is 0 Å². The lowest BCUT2D eigenvalue weighted by Crippen LogP contribution is -2.26. The molecule has 1 N–H and O–H groups in total. The molecule has 1 atom stereocenters. The van der Waals surface area contributed by atoms with Crippen molar-refractivity contribution < 1.29 is 13.5 Å². The molecule has 0 bridgehead atoms. The number of hydrogen-bond donors (Lipinski definition) is 1. The molecule has 1 aromatic rings. The fraction of sp³-hybridized carbons (Fsp3) is 0.467. The zero-order valence-electron chi connectivity index (χ0n) is 11.1. The van der Waals surface area contributed by atoms with Crippen LogP contribution in [0.4, 0.5) is 8.78 Å². The molecule has 0 radical (unpaired) electrons. The highest BCUT2D eigenvalue weighted by molar-refractivity contribution is 5.27. The van der Waals surface area contributed by atoms with Gasteiger partial charge in [-0.2, -0.15) is 0 Å². The molecule has 0 spiro atoms. The summed E-state index contributed by atoms with van der Waals surface area (Å²) in [4.78, 5) is 0. The van der Waals surface area contributed by atoms with E-state index in [1.54, 1.807) is 0 Å². The summed E-state index contributed by atoms with van der Waals surface area (Å²) in [6, 6.07) is 3.33. The smallest absolute Gasteiger partial charge is 0.126 e. The normalized spacial score (nSPS) is 16.7. The summed E-state index contributed by atoms with van der Waals surface area (Å²) >= 11 is 0. The van der Waals surface area contributed by atoms with E-state index in [0.717, 1.165) is 37.6 Å². The van der Waals surface area contributed by atoms with Crippen LogP contribution in [0.5, 0.6) is 0 Å². The SMILES string of the molecule is CCCNC(C1=CCCCO1)c1cc(F)cc(F)c1. The van der Waals surface area contributed by atoms with E-state index in [2.05, 4.69) is 5.32 Å². The van der Waals surface area contributed by atoms with Crippen LogP contribution >= 0.6 is 0 Å². The van der Waals surface area contributed by atoms with Gasteiger partial charge in [-0.25, -0.2) is 8.78 Å². The lowest BCUT2D eigenvalue weighted by molar-refractivity contribution is 0.167. The Morgan fingerprint density at radius 3 is 2.58 bits per heavy atom. The van der Waals surface area contributed by atoms with Crippen molar-refractivity contribution in [3.8, 4) is 0 Å². The summed E-state index contributed by atoms with van der Waals surface area (Å²) in [5.74, 6) is -0.353. The van der Waals surface area contributed by atoms with Gasteiger partial charge < -0.3 is 10.1 Å². The second-order valence-electron chi connectivity index (χ2n) is 4.69. The Labute approximate surface area is 112 Å². The van der Waals surface area contributed by atoms with Gasteiger partial charge in [0.25, 0.3) is 0 Å². The summed E-state index contributed by atoms with van der Waals surface area (Å²) in [5, 5.41) is 3.28. The second-order valence-corrected chi connectivity index (χ2v) is 4.69. The molecule has 0 aromatic heterocycles. The lowest BCUT2D eigenvalue weighted by Gasteiger charge is -2.25. The van der Waals surface area contributed by atoms with Crippen molar-refractivity contribution in [1.82, 2.24) is 5.32 Å². The van der Waals surface area contributed by atoms with Crippen LogP contribution in [-0.2, 0) is 4.74 Å². The fourth-order valence-electron chi connectivity index (χ4n) is 2.19. The number of benzene rings is 1. The molecular weight excluding hydrogens is 248 g/mol. The van der Waals surface area contributed by atoms with Crippen LogP contribution in [0, 0.1) is 11.6 Å². The summed E-state index contributed by atoms with van der Waals surface area (Å²) in [7, 11) is 0. The Bertz CT molecular complexity index is 439. The third kappa shape index (κ3) is 3.77. The molecule has 2 rings (SSSR count). The molecule has 4 heteroatoms. The van der Waals surface area contributed by atoms with Crippen LogP contribution in [0.2, 0.25) is 0 Å². The maximum absolute atomic E-state index is 13.3. The quantitative estimate of drug-likeness (QED) is 0.878. The van der Waals surface area contributed by atoms with E-state index >= 15 is 0 Å². The molecule has 0 aliphatic carbocycles. The highest BCUT2D eigenvalue weighted by Gasteiger charge is 2.20. The number of rotatable bonds is 5. The number of nitrogens with one attached hydrogen (secondary N) is 1. The molecular formula is C15H19F2NO. The van der Waals surface area contributed by atoms with Crippen LogP contribution < -0.4 is 5.32 Å². The summed E-state index contributed by atoms with van der Waals surface area (Å²) in [6.45, 7) is 3.48. The van der Waals surface area contributed by atoms with Gasteiger partial charge in [0, 0.05) is 6.07 Å². The summed E-state index contributed by atoms with van der Waals surface area (Å²) in [6.07, 6.45) is 4.88. The van der Waals surface area contributed by atoms with E-state index < -0.39 is 11.6 Å². The average molecular weight is 267 g/mol. The number of ether oxygens (including phenoxy) is 1. The second kappa shape index (κ2) is 6.66. The fourth-order valence-corrected chi connectivity index (χ4v) is 2.19. The van der Waals surface area contributed by atoms with Crippen LogP contribution in [-0.4, -0.2) is 13.2 Å². The summed E-state index contributed by atoms with van der Waals surface area (Å²) < 4.78 is 32.3. The number of allylic oxidation sites excluding steroid dienone is 1. The third-order valence-corrected chi connectivity index (χ3v) is 3.06. The standard InChI is InChI=1S/C15H19F2NO/c1-2-6-18-15(14-5-3-4-7-19-14)11-8-12(16)10-13(17)9-11/h5,8-10,15,18H,2-4,6-7H2,1H3. The van der Waals surface area contributed by atoms with Crippen LogP contribution in [0.3, 0.4) is 0 Å². The Morgan fingerprint density at radius 2 is 2.00 bits per heavy atom. The van der Waals surface area contributed by atoms with Crippen LogP contribution in [0.1, 0.15) is 37.8 Å². The highest BCUT2D eigenvalue weighted by Crippen LogP contribution is 2.27. The minimum atomic E-state index is -0.560. The van der Waals surface area contributed by atoms with Crippen molar-refractivity contribution in [2.24, 2.45) is 0 Å². The average Bonchev–Trinajstić information content (AvgIpc) is 2.39. The van der Waals surface area contributed by atoms with Gasteiger partial charge in [-0.1, -0.05) is 6.92 Å². The molecule has 1 aromatic carbocycles. The van der Waals surface area contributed by atoms with Gasteiger partial charge in [0.15, 0.2) is 0 Å². The number of hydrogen-bond acceptors (Lipinski definition) is 2. The third-order valence-electron chi connectivity index (χ3n) is 3.06. The Hall–Kier alpha value is -1.42. The minimum Gasteiger partial charge on any atom is -0.496 e. The van der Waals surface area contributed by atoms with Gasteiger partial charge in [-0.05, 0) is 49.6 Å². The van der Waals surface area contributed by atoms with Crippen LogP contribution in [0.15, 0.2) is 30.0 Å². The molecule has 1 heterocycles. The summed E-state index contributed by atoms with van der Waals surface area (Å²) in [5.41, 5.74) is 0.569. The monoisotopic (exact) mass is 267 g/mol. The van der Waals surface area contributed by atoms with Gasteiger partial charge in [0.2, 0.25) is 0 Å². The van der Waals surface area contributed by atoms with E-state index in [1.807, 2.05) is 13.0 Å². The first-order chi connectivity index (χ1) is 9.20. The van der Waals surface area contributed by atoms with Crippen molar-refractivity contribution in [3.63, 3.8) is 0 Å². The molecule has 0 saturated heterocycles. The Balaban J connectivity index is 2.27. The van der Waals surface area contributed by atoms with E-state index in [0.29, 0.717) is 12.2 Å². The highest BCUT2D eigenvalue weighted by atomic mass is 19.1. The first-order valence-corrected chi connectivity index (χ1v) is 6.73. The van der Waals surface area contributed by atoms with Crippen LogP contribution in [0.25, 0.3) is 0 Å². The molecule has 0 fully saturated rings. The van der Waals surface area contributed by atoms with Crippen molar-refractivity contribution in [3.05, 3.63) is 47.2 Å². The van der Waals surface area contributed by atoms with E-state index in [9.17, 15) is 8.78 Å². The Morgan fingerprint density at radius 1 is 1.26 bits per heavy atom.